The summed E-state index contributed by atoms with van der Waals surface area (Å²) in [5, 5.41) is 6.52. The number of allylic oxidation sites excluding steroid dienone is 1. The lowest BCUT2D eigenvalue weighted by Crippen LogP contribution is -3.00. The average molecular weight is 449 g/mol. The van der Waals surface area contributed by atoms with Gasteiger partial charge in [-0.05, 0) is 27.9 Å². The first kappa shape index (κ1) is 16.6. The second-order valence-electron chi connectivity index (χ2n) is 3.95. The fourth-order valence-corrected chi connectivity index (χ4v) is 5.88. The van der Waals surface area contributed by atoms with Gasteiger partial charge in [-0.15, -0.1) is 0 Å². The Labute approximate surface area is 153 Å². The van der Waals surface area contributed by atoms with Gasteiger partial charge in [-0.1, -0.05) is 53.1 Å². The van der Waals surface area contributed by atoms with Crippen LogP contribution in [0, 0.1) is 0 Å². The number of rotatable bonds is 2. The van der Waals surface area contributed by atoms with Crippen molar-refractivity contribution in [2.24, 2.45) is 7.05 Å². The molecule has 20 heavy (non-hydrogen) atoms. The van der Waals surface area contributed by atoms with Gasteiger partial charge in [0.1, 0.15) is 7.05 Å². The Morgan fingerprint density at radius 3 is 2.35 bits per heavy atom. The largest absolute Gasteiger partial charge is 1.00 e. The molecule has 0 unspecified atom stereocenters. The first-order valence-corrected chi connectivity index (χ1v) is 9.17. The summed E-state index contributed by atoms with van der Waals surface area (Å²) in [6, 6.07) is 4.24. The summed E-state index contributed by atoms with van der Waals surface area (Å²) in [4.78, 5) is 1.31. The molecule has 1 aromatic heterocycles. The van der Waals surface area contributed by atoms with Crippen molar-refractivity contribution in [3.8, 4) is 0 Å². The Morgan fingerprint density at radius 1 is 0.950 bits per heavy atom. The van der Waals surface area contributed by atoms with Crippen LogP contribution in [0.3, 0.4) is 0 Å². The zero-order chi connectivity index (χ0) is 13.1. The Kier molecular flexibility index (Phi) is 6.67. The standard InChI is InChI=1S/C14H12NS4.HI/c1-15-6-4-11(5-7-15)2-3-12-10-18-14(19-12)13-16-8-9-17-13;/h2-10H,1H3;1H/q+1;/p-1/b3-2+;. The van der Waals surface area contributed by atoms with Gasteiger partial charge in [0.25, 0.3) is 0 Å². The number of pyridine rings is 1. The van der Waals surface area contributed by atoms with Crippen molar-refractivity contribution < 1.29 is 28.5 Å². The van der Waals surface area contributed by atoms with Gasteiger partial charge in [0.15, 0.2) is 12.4 Å². The maximum absolute atomic E-state index is 2.23. The average Bonchev–Trinajstić information content (AvgIpc) is 3.09. The smallest absolute Gasteiger partial charge is 0.169 e. The zero-order valence-electron chi connectivity index (χ0n) is 10.7. The Morgan fingerprint density at radius 2 is 1.65 bits per heavy atom. The molecule has 0 aromatic carbocycles. The molecule has 0 saturated heterocycles. The van der Waals surface area contributed by atoms with Gasteiger partial charge in [-0.25, -0.2) is 4.57 Å². The fourth-order valence-electron chi connectivity index (χ4n) is 1.53. The highest BCUT2D eigenvalue weighted by Crippen LogP contribution is 2.53. The van der Waals surface area contributed by atoms with E-state index in [1.165, 1.54) is 18.9 Å². The summed E-state index contributed by atoms with van der Waals surface area (Å²) in [6.45, 7) is 0. The van der Waals surface area contributed by atoms with Gasteiger partial charge in [-0.2, -0.15) is 0 Å². The summed E-state index contributed by atoms with van der Waals surface area (Å²) in [5.74, 6) is 0. The zero-order valence-corrected chi connectivity index (χ0v) is 16.1. The summed E-state index contributed by atoms with van der Waals surface area (Å²) in [6.07, 6.45) is 8.49. The van der Waals surface area contributed by atoms with Gasteiger partial charge >= 0.3 is 0 Å². The first-order valence-electron chi connectivity index (χ1n) is 5.72. The van der Waals surface area contributed by atoms with E-state index in [0.717, 1.165) is 0 Å². The molecule has 1 aromatic rings. The maximum Gasteiger partial charge on any atom is 0.169 e. The van der Waals surface area contributed by atoms with Gasteiger partial charge in [0, 0.05) is 17.0 Å². The van der Waals surface area contributed by atoms with Crippen LogP contribution in [0.5, 0.6) is 0 Å². The molecule has 0 bridgehead atoms. The Bertz CT molecular complexity index is 592. The summed E-state index contributed by atoms with van der Waals surface area (Å²) in [7, 11) is 2.03. The van der Waals surface area contributed by atoms with Crippen LogP contribution >= 0.6 is 47.0 Å². The molecule has 0 N–H and O–H groups in total. The van der Waals surface area contributed by atoms with Gasteiger partial charge in [0.2, 0.25) is 0 Å². The van der Waals surface area contributed by atoms with Gasteiger partial charge < -0.3 is 24.0 Å². The molecule has 6 heteroatoms. The molecule has 104 valence electrons. The summed E-state index contributed by atoms with van der Waals surface area (Å²) >= 11 is 7.33. The molecular formula is C14H12INS4. The number of nitrogens with zero attached hydrogens (tertiary/aromatic N) is 1. The Hall–Kier alpha value is 0.240. The molecule has 0 spiro atoms. The molecule has 2 aliphatic rings. The molecule has 0 radical (unpaired) electrons. The van der Waals surface area contributed by atoms with Gasteiger partial charge in [-0.3, -0.25) is 0 Å². The van der Waals surface area contributed by atoms with Gasteiger partial charge in [0.05, 0.1) is 8.47 Å². The predicted molar refractivity (Wildman–Crippen MR) is 91.3 cm³/mol. The molecule has 2 aliphatic heterocycles. The van der Waals surface area contributed by atoms with E-state index in [-0.39, 0.29) is 24.0 Å². The lowest BCUT2D eigenvalue weighted by molar-refractivity contribution is -0.671. The van der Waals surface area contributed by atoms with Crippen LogP contribution in [-0.4, -0.2) is 0 Å². The lowest BCUT2D eigenvalue weighted by atomic mass is 10.2. The number of aromatic nitrogens is 1. The minimum atomic E-state index is 0. The van der Waals surface area contributed by atoms with Crippen LogP contribution in [0.4, 0.5) is 0 Å². The third-order valence-electron chi connectivity index (χ3n) is 2.51. The third-order valence-corrected chi connectivity index (χ3v) is 7.51. The van der Waals surface area contributed by atoms with E-state index in [4.69, 9.17) is 0 Å². The molecule has 0 fully saturated rings. The number of hydrogen-bond acceptors (Lipinski definition) is 4. The van der Waals surface area contributed by atoms with Crippen molar-refractivity contribution in [1.29, 1.82) is 0 Å². The molecule has 3 rings (SSSR count). The number of hydrogen-bond donors (Lipinski definition) is 0. The van der Waals surface area contributed by atoms with E-state index in [2.05, 4.69) is 52.9 Å². The molecule has 0 atom stereocenters. The second-order valence-corrected chi connectivity index (χ2v) is 8.27. The molecule has 0 saturated carbocycles. The van der Waals surface area contributed by atoms with Crippen LogP contribution in [0.25, 0.3) is 6.08 Å². The minimum absolute atomic E-state index is 0. The normalized spacial score (nSPS) is 17.8. The molecule has 3 heterocycles. The van der Waals surface area contributed by atoms with E-state index in [9.17, 15) is 0 Å². The van der Waals surface area contributed by atoms with E-state index in [1.54, 1.807) is 0 Å². The van der Waals surface area contributed by atoms with Crippen molar-refractivity contribution in [2.45, 2.75) is 0 Å². The summed E-state index contributed by atoms with van der Waals surface area (Å²) in [5.41, 5.74) is 1.23. The number of thioether (sulfide) groups is 4. The van der Waals surface area contributed by atoms with Crippen molar-refractivity contribution in [3.63, 3.8) is 0 Å². The van der Waals surface area contributed by atoms with E-state index in [0.29, 0.717) is 0 Å². The highest BCUT2D eigenvalue weighted by molar-refractivity contribution is 8.33. The predicted octanol–water partition coefficient (Wildman–Crippen LogP) is 1.93. The highest BCUT2D eigenvalue weighted by Gasteiger charge is 2.17. The Balaban J connectivity index is 0.00000147. The van der Waals surface area contributed by atoms with Crippen LogP contribution in [0.2, 0.25) is 0 Å². The van der Waals surface area contributed by atoms with Crippen LogP contribution in [0.15, 0.2) is 60.2 Å². The lowest BCUT2D eigenvalue weighted by Gasteiger charge is -1.99. The van der Waals surface area contributed by atoms with Crippen molar-refractivity contribution in [3.05, 3.63) is 65.8 Å². The SMILES string of the molecule is C[n+]1ccc(/C=C/C2=CSC(=C3SC=CS3)S2)cc1.[I-]. The third kappa shape index (κ3) is 4.37. The van der Waals surface area contributed by atoms with Crippen LogP contribution in [0.1, 0.15) is 5.56 Å². The number of aryl methyl sites for hydroxylation is 1. The van der Waals surface area contributed by atoms with Crippen molar-refractivity contribution in [1.82, 2.24) is 0 Å². The molecule has 1 nitrogen and oxygen atoms in total. The maximum atomic E-state index is 2.23. The molecule has 0 amide bonds. The monoisotopic (exact) mass is 449 g/mol. The van der Waals surface area contributed by atoms with E-state index in [1.807, 2.05) is 58.7 Å². The highest BCUT2D eigenvalue weighted by atomic mass is 127. The molecular weight excluding hydrogens is 437 g/mol. The van der Waals surface area contributed by atoms with Crippen LogP contribution < -0.4 is 28.5 Å². The fraction of sp³-hybridized carbons (Fsp3) is 0.0714. The van der Waals surface area contributed by atoms with E-state index < -0.39 is 0 Å². The molecule has 0 aliphatic carbocycles. The quantitative estimate of drug-likeness (QED) is 0.502. The van der Waals surface area contributed by atoms with E-state index >= 15 is 0 Å². The minimum Gasteiger partial charge on any atom is -1.00 e. The first-order chi connectivity index (χ1) is 9.31. The number of halogens is 1. The van der Waals surface area contributed by atoms with Crippen LogP contribution in [-0.2, 0) is 7.05 Å². The second kappa shape index (κ2) is 8.03. The topological polar surface area (TPSA) is 3.88 Å². The van der Waals surface area contributed by atoms with Crippen molar-refractivity contribution in [2.75, 3.05) is 0 Å². The summed E-state index contributed by atoms with van der Waals surface area (Å²) < 4.78 is 4.85. The van der Waals surface area contributed by atoms with Crippen molar-refractivity contribution >= 4 is 53.1 Å².